The van der Waals surface area contributed by atoms with Gasteiger partial charge < -0.3 is 14.3 Å². The summed E-state index contributed by atoms with van der Waals surface area (Å²) in [6.45, 7) is 2.12. The Morgan fingerprint density at radius 3 is 2.63 bits per heavy atom. The number of pyridine rings is 1. The highest BCUT2D eigenvalue weighted by atomic mass is 35.5. The van der Waals surface area contributed by atoms with Gasteiger partial charge in [0.1, 0.15) is 5.69 Å². The molecule has 3 aromatic rings. The van der Waals surface area contributed by atoms with E-state index in [1.54, 1.807) is 19.2 Å². The lowest BCUT2D eigenvalue weighted by Gasteiger charge is -2.10. The van der Waals surface area contributed by atoms with E-state index in [1.165, 1.54) is 13.3 Å². The van der Waals surface area contributed by atoms with Crippen molar-refractivity contribution in [1.82, 2.24) is 4.98 Å². The van der Waals surface area contributed by atoms with Crippen molar-refractivity contribution in [2.45, 2.75) is 13.5 Å². The molecule has 0 saturated carbocycles. The number of benzene rings is 2. The molecule has 0 aliphatic carbocycles. The Labute approximate surface area is 167 Å². The smallest absolute Gasteiger partial charge is 0.179 e. The number of hydrogen-bond donors (Lipinski definition) is 0. The van der Waals surface area contributed by atoms with E-state index < -0.39 is 0 Å². The highest BCUT2D eigenvalue weighted by Crippen LogP contribution is 2.35. The molecule has 0 aliphatic heterocycles. The first-order chi connectivity index (χ1) is 13.0. The second kappa shape index (κ2) is 8.46. The van der Waals surface area contributed by atoms with Crippen molar-refractivity contribution >= 4 is 40.3 Å². The van der Waals surface area contributed by atoms with Gasteiger partial charge in [-0.25, -0.2) is 4.98 Å². The summed E-state index contributed by atoms with van der Waals surface area (Å²) >= 11 is 12.6. The van der Waals surface area contributed by atoms with Gasteiger partial charge in [-0.1, -0.05) is 46.6 Å². The lowest BCUT2D eigenvalue weighted by atomic mass is 10.1. The molecule has 0 fully saturated rings. The molecule has 0 spiro atoms. The highest BCUT2D eigenvalue weighted by Gasteiger charge is 2.11. The molecule has 140 valence electrons. The SMILES string of the molecule is COc1cc(/C=N\OCc2nc3ccccc3c(C)c2Cl)cc(Cl)c1OC. The Bertz CT molecular complexity index is 1010. The first kappa shape index (κ1) is 19.3. The molecular weight excluding hydrogens is 387 g/mol. The number of ether oxygens (including phenoxy) is 2. The van der Waals surface area contributed by atoms with Crippen LogP contribution < -0.4 is 9.47 Å². The minimum atomic E-state index is 0.155. The molecule has 0 aliphatic rings. The lowest BCUT2D eigenvalue weighted by Crippen LogP contribution is -1.97. The number of aryl methyl sites for hydroxylation is 1. The molecule has 27 heavy (non-hydrogen) atoms. The van der Waals surface area contributed by atoms with Crippen molar-refractivity contribution in [2.24, 2.45) is 5.16 Å². The minimum Gasteiger partial charge on any atom is -0.493 e. The van der Waals surface area contributed by atoms with Gasteiger partial charge >= 0.3 is 0 Å². The van der Waals surface area contributed by atoms with Crippen LogP contribution in [-0.2, 0) is 11.4 Å². The van der Waals surface area contributed by atoms with Crippen LogP contribution in [0, 0.1) is 6.92 Å². The van der Waals surface area contributed by atoms with Crippen LogP contribution in [0.2, 0.25) is 10.0 Å². The van der Waals surface area contributed by atoms with E-state index in [4.69, 9.17) is 37.5 Å². The van der Waals surface area contributed by atoms with E-state index in [2.05, 4.69) is 10.1 Å². The zero-order valence-corrected chi connectivity index (χ0v) is 16.6. The molecule has 3 rings (SSSR count). The van der Waals surface area contributed by atoms with Gasteiger partial charge in [-0.3, -0.25) is 0 Å². The number of rotatable bonds is 6. The normalized spacial score (nSPS) is 11.1. The predicted molar refractivity (Wildman–Crippen MR) is 108 cm³/mol. The molecule has 0 saturated heterocycles. The number of halogens is 2. The van der Waals surface area contributed by atoms with Crippen molar-refractivity contribution in [1.29, 1.82) is 0 Å². The number of hydrogen-bond acceptors (Lipinski definition) is 5. The first-order valence-corrected chi connectivity index (χ1v) is 8.91. The number of fused-ring (bicyclic) bond motifs is 1. The van der Waals surface area contributed by atoms with Gasteiger partial charge in [0.25, 0.3) is 0 Å². The van der Waals surface area contributed by atoms with Crippen molar-refractivity contribution < 1.29 is 14.3 Å². The molecule has 5 nitrogen and oxygen atoms in total. The molecule has 1 aromatic heterocycles. The Hall–Kier alpha value is -2.50. The molecule has 0 radical (unpaired) electrons. The monoisotopic (exact) mass is 404 g/mol. The van der Waals surface area contributed by atoms with E-state index in [1.807, 2.05) is 31.2 Å². The lowest BCUT2D eigenvalue weighted by molar-refractivity contribution is 0.129. The maximum Gasteiger partial charge on any atom is 0.179 e. The largest absolute Gasteiger partial charge is 0.493 e. The Kier molecular flexibility index (Phi) is 6.04. The van der Waals surface area contributed by atoms with Gasteiger partial charge in [0.15, 0.2) is 18.1 Å². The molecule has 2 aromatic carbocycles. The summed E-state index contributed by atoms with van der Waals surface area (Å²) in [7, 11) is 3.07. The van der Waals surface area contributed by atoms with Gasteiger partial charge in [-0.2, -0.15) is 0 Å². The maximum atomic E-state index is 6.42. The fourth-order valence-corrected chi connectivity index (χ4v) is 3.22. The number of nitrogens with zero attached hydrogens (tertiary/aromatic N) is 2. The molecular formula is C20H18Cl2N2O3. The van der Waals surface area contributed by atoms with Crippen LogP contribution in [0.15, 0.2) is 41.6 Å². The summed E-state index contributed by atoms with van der Waals surface area (Å²) in [5, 5.41) is 6.01. The third-order valence-electron chi connectivity index (χ3n) is 4.08. The predicted octanol–water partition coefficient (Wildman–Crippen LogP) is 5.42. The van der Waals surface area contributed by atoms with Gasteiger partial charge in [-0.15, -0.1) is 0 Å². The van der Waals surface area contributed by atoms with Crippen LogP contribution in [-0.4, -0.2) is 25.4 Å². The maximum absolute atomic E-state index is 6.42. The molecule has 0 amide bonds. The number of oxime groups is 1. The summed E-state index contributed by atoms with van der Waals surface area (Å²) in [4.78, 5) is 9.94. The topological polar surface area (TPSA) is 52.9 Å². The Morgan fingerprint density at radius 1 is 1.11 bits per heavy atom. The average Bonchev–Trinajstić information content (AvgIpc) is 2.68. The molecule has 7 heteroatoms. The quantitative estimate of drug-likeness (QED) is 0.406. The summed E-state index contributed by atoms with van der Waals surface area (Å²) in [6.07, 6.45) is 1.54. The fourth-order valence-electron chi connectivity index (χ4n) is 2.72. The van der Waals surface area contributed by atoms with E-state index in [9.17, 15) is 0 Å². The number of aromatic nitrogens is 1. The summed E-state index contributed by atoms with van der Waals surface area (Å²) in [5.41, 5.74) is 3.19. The third-order valence-corrected chi connectivity index (χ3v) is 4.86. The van der Waals surface area contributed by atoms with Crippen molar-refractivity contribution in [3.8, 4) is 11.5 Å². The van der Waals surface area contributed by atoms with Crippen LogP contribution in [0.1, 0.15) is 16.8 Å². The van der Waals surface area contributed by atoms with Gasteiger partial charge in [-0.05, 0) is 30.7 Å². The Balaban J connectivity index is 1.76. The van der Waals surface area contributed by atoms with Crippen LogP contribution in [0.25, 0.3) is 10.9 Å². The number of methoxy groups -OCH3 is 2. The molecule has 0 N–H and O–H groups in total. The summed E-state index contributed by atoms with van der Waals surface area (Å²) in [6, 6.07) is 11.3. The van der Waals surface area contributed by atoms with Gasteiger partial charge in [0.2, 0.25) is 0 Å². The average molecular weight is 405 g/mol. The second-order valence-corrected chi connectivity index (χ2v) is 6.55. The van der Waals surface area contributed by atoms with Crippen LogP contribution in [0.5, 0.6) is 11.5 Å². The van der Waals surface area contributed by atoms with Gasteiger partial charge in [0.05, 0.1) is 36.0 Å². The standard InChI is InChI=1S/C20H18Cl2N2O3/c1-12-14-6-4-5-7-16(14)24-17(19(12)22)11-27-23-10-13-8-15(21)20(26-3)18(9-13)25-2/h4-10H,11H2,1-3H3/b23-10-. The fraction of sp³-hybridized carbons (Fsp3) is 0.200. The van der Waals surface area contributed by atoms with E-state index in [-0.39, 0.29) is 6.61 Å². The van der Waals surface area contributed by atoms with Crippen molar-refractivity contribution in [3.63, 3.8) is 0 Å². The summed E-state index contributed by atoms with van der Waals surface area (Å²) < 4.78 is 10.5. The zero-order chi connectivity index (χ0) is 19.4. The van der Waals surface area contributed by atoms with Crippen LogP contribution >= 0.6 is 23.2 Å². The minimum absolute atomic E-state index is 0.155. The number of para-hydroxylation sites is 1. The third kappa shape index (κ3) is 4.10. The Morgan fingerprint density at radius 2 is 1.89 bits per heavy atom. The van der Waals surface area contributed by atoms with Crippen molar-refractivity contribution in [2.75, 3.05) is 14.2 Å². The van der Waals surface area contributed by atoms with Crippen LogP contribution in [0.4, 0.5) is 0 Å². The molecule has 0 unspecified atom stereocenters. The first-order valence-electron chi connectivity index (χ1n) is 8.15. The van der Waals surface area contributed by atoms with E-state index in [0.717, 1.165) is 16.5 Å². The van der Waals surface area contributed by atoms with E-state index in [0.29, 0.717) is 32.8 Å². The molecule has 1 heterocycles. The van der Waals surface area contributed by atoms with Crippen LogP contribution in [0.3, 0.4) is 0 Å². The zero-order valence-electron chi connectivity index (χ0n) is 15.1. The van der Waals surface area contributed by atoms with Crippen molar-refractivity contribution in [3.05, 3.63) is 63.3 Å². The second-order valence-electron chi connectivity index (χ2n) is 5.76. The highest BCUT2D eigenvalue weighted by molar-refractivity contribution is 6.33. The summed E-state index contributed by atoms with van der Waals surface area (Å²) in [5.74, 6) is 0.987. The van der Waals surface area contributed by atoms with E-state index >= 15 is 0 Å². The molecule has 0 atom stereocenters. The molecule has 0 bridgehead atoms. The van der Waals surface area contributed by atoms with Gasteiger partial charge in [0, 0.05) is 10.9 Å².